The molecule has 0 aliphatic rings. The third-order valence-corrected chi connectivity index (χ3v) is 4.05. The molecule has 138 valence electrons. The van der Waals surface area contributed by atoms with E-state index in [4.69, 9.17) is 9.15 Å². The van der Waals surface area contributed by atoms with Crippen LogP contribution in [-0.2, 0) is 4.74 Å². The van der Waals surface area contributed by atoms with Gasteiger partial charge in [-0.3, -0.25) is 4.79 Å². The van der Waals surface area contributed by atoms with Gasteiger partial charge in [0.05, 0.1) is 12.3 Å². The molecule has 0 bridgehead atoms. The van der Waals surface area contributed by atoms with E-state index >= 15 is 0 Å². The van der Waals surface area contributed by atoms with Crippen molar-refractivity contribution in [2.45, 2.75) is 19.8 Å². The number of ether oxygens (including phenoxy) is 1. The number of nitrogens with zero attached hydrogens (tertiary/aromatic N) is 4. The van der Waals surface area contributed by atoms with Crippen LogP contribution < -0.4 is 0 Å². The van der Waals surface area contributed by atoms with Gasteiger partial charge in [0.25, 0.3) is 5.91 Å². The lowest BCUT2D eigenvalue weighted by atomic mass is 10.1. The van der Waals surface area contributed by atoms with Gasteiger partial charge < -0.3 is 14.1 Å². The van der Waals surface area contributed by atoms with E-state index < -0.39 is 0 Å². The highest BCUT2D eigenvalue weighted by molar-refractivity contribution is 5.93. The van der Waals surface area contributed by atoms with Crippen LogP contribution in [0.1, 0.15) is 36.0 Å². The van der Waals surface area contributed by atoms with Crippen LogP contribution in [0.2, 0.25) is 0 Å². The molecule has 8 heteroatoms. The molecule has 26 heavy (non-hydrogen) atoms. The number of amides is 1. The van der Waals surface area contributed by atoms with E-state index in [9.17, 15) is 9.18 Å². The Morgan fingerprint density at radius 1 is 1.35 bits per heavy atom. The minimum Gasteiger partial charge on any atom is -0.416 e. The van der Waals surface area contributed by atoms with Gasteiger partial charge in [0.2, 0.25) is 5.76 Å². The fourth-order valence-electron chi connectivity index (χ4n) is 2.64. The summed E-state index contributed by atoms with van der Waals surface area (Å²) in [6.07, 6.45) is 0. The normalized spacial score (nSPS) is 11.5. The molecule has 3 rings (SSSR count). The summed E-state index contributed by atoms with van der Waals surface area (Å²) in [6, 6.07) is 5.90. The van der Waals surface area contributed by atoms with E-state index in [1.165, 1.54) is 17.0 Å². The number of oxazole rings is 1. The molecule has 2 heterocycles. The lowest BCUT2D eigenvalue weighted by molar-refractivity contribution is 0.0713. The maximum absolute atomic E-state index is 13.1. The molecule has 0 spiro atoms. The number of rotatable bonds is 6. The van der Waals surface area contributed by atoms with Crippen LogP contribution in [0.15, 0.2) is 28.7 Å². The lowest BCUT2D eigenvalue weighted by Gasteiger charge is -2.16. The third-order valence-electron chi connectivity index (χ3n) is 4.05. The highest BCUT2D eigenvalue weighted by Crippen LogP contribution is 2.26. The summed E-state index contributed by atoms with van der Waals surface area (Å²) in [6.45, 7) is 4.79. The number of hydrogen-bond acceptors (Lipinski definition) is 5. The number of benzene rings is 1. The van der Waals surface area contributed by atoms with E-state index in [-0.39, 0.29) is 29.2 Å². The van der Waals surface area contributed by atoms with Crippen LogP contribution in [0.3, 0.4) is 0 Å². The number of hydrogen-bond donors (Lipinski definition) is 0. The highest BCUT2D eigenvalue weighted by Gasteiger charge is 2.27. The monoisotopic (exact) mass is 360 g/mol. The number of carbonyl (C=O) groups is 1. The number of aromatic nitrogens is 3. The average molecular weight is 360 g/mol. The fraction of sp³-hybridized carbons (Fsp3) is 0.389. The van der Waals surface area contributed by atoms with E-state index in [1.54, 1.807) is 30.8 Å². The van der Waals surface area contributed by atoms with Crippen LogP contribution in [-0.4, -0.2) is 52.7 Å². The molecule has 1 aromatic carbocycles. The second kappa shape index (κ2) is 7.25. The molecule has 0 atom stereocenters. The fourth-order valence-corrected chi connectivity index (χ4v) is 2.64. The van der Waals surface area contributed by atoms with Gasteiger partial charge in [0.1, 0.15) is 5.82 Å². The topological polar surface area (TPSA) is 72.9 Å². The predicted molar refractivity (Wildman–Crippen MR) is 93.6 cm³/mol. The van der Waals surface area contributed by atoms with Crippen LogP contribution in [0.5, 0.6) is 0 Å². The van der Waals surface area contributed by atoms with Crippen LogP contribution in [0.25, 0.3) is 17.2 Å². The first kappa shape index (κ1) is 18.1. The molecule has 2 aromatic heterocycles. The van der Waals surface area contributed by atoms with Crippen molar-refractivity contribution in [3.8, 4) is 11.4 Å². The van der Waals surface area contributed by atoms with Crippen molar-refractivity contribution in [3.63, 3.8) is 0 Å². The van der Waals surface area contributed by atoms with E-state index in [2.05, 4.69) is 10.1 Å². The minimum absolute atomic E-state index is 0.00575. The summed E-state index contributed by atoms with van der Waals surface area (Å²) < 4.78 is 25.4. The molecule has 0 aliphatic carbocycles. The molecule has 3 aromatic rings. The van der Waals surface area contributed by atoms with E-state index in [0.717, 1.165) is 0 Å². The SMILES string of the molecule is COCCN(C)C(=O)c1oc2nc(-c3ccc(F)cc3)nn2c1C(C)C. The van der Waals surface area contributed by atoms with Crippen molar-refractivity contribution in [1.82, 2.24) is 19.5 Å². The largest absolute Gasteiger partial charge is 0.416 e. The molecule has 0 unspecified atom stereocenters. The van der Waals surface area contributed by atoms with Crippen LogP contribution in [0.4, 0.5) is 4.39 Å². The molecular weight excluding hydrogens is 339 g/mol. The Morgan fingerprint density at radius 2 is 2.04 bits per heavy atom. The van der Waals surface area contributed by atoms with Crippen molar-refractivity contribution < 1.29 is 18.3 Å². The van der Waals surface area contributed by atoms with Gasteiger partial charge in [-0.1, -0.05) is 13.8 Å². The Labute approximate surface area is 150 Å². The maximum atomic E-state index is 13.1. The summed E-state index contributed by atoms with van der Waals surface area (Å²) in [5, 5.41) is 4.45. The first-order chi connectivity index (χ1) is 12.4. The standard InChI is InChI=1S/C18H21FN4O3/c1-11(2)14-15(17(24)22(3)9-10-25-4)26-18-20-16(21-23(14)18)12-5-7-13(19)8-6-12/h5-8,11H,9-10H2,1-4H3. The second-order valence-electron chi connectivity index (χ2n) is 6.33. The zero-order chi connectivity index (χ0) is 18.8. The van der Waals surface area contributed by atoms with Crippen molar-refractivity contribution >= 4 is 11.8 Å². The summed E-state index contributed by atoms with van der Waals surface area (Å²) in [5.41, 5.74) is 1.32. The van der Waals surface area contributed by atoms with Crippen molar-refractivity contribution in [2.24, 2.45) is 0 Å². The quantitative estimate of drug-likeness (QED) is 0.676. The van der Waals surface area contributed by atoms with Gasteiger partial charge in [-0.15, -0.1) is 5.10 Å². The molecule has 0 N–H and O–H groups in total. The smallest absolute Gasteiger partial charge is 0.325 e. The van der Waals surface area contributed by atoms with Gasteiger partial charge in [-0.25, -0.2) is 4.39 Å². The van der Waals surface area contributed by atoms with Crippen LogP contribution >= 0.6 is 0 Å². The first-order valence-corrected chi connectivity index (χ1v) is 8.32. The van der Waals surface area contributed by atoms with E-state index in [0.29, 0.717) is 30.2 Å². The zero-order valence-electron chi connectivity index (χ0n) is 15.2. The summed E-state index contributed by atoms with van der Waals surface area (Å²) >= 11 is 0. The van der Waals surface area contributed by atoms with Gasteiger partial charge >= 0.3 is 5.84 Å². The Kier molecular flexibility index (Phi) is 5.03. The molecule has 0 fully saturated rings. The second-order valence-corrected chi connectivity index (χ2v) is 6.33. The first-order valence-electron chi connectivity index (χ1n) is 8.32. The number of halogens is 1. The zero-order valence-corrected chi connectivity index (χ0v) is 15.2. The van der Waals surface area contributed by atoms with Gasteiger partial charge in [0, 0.05) is 26.3 Å². The van der Waals surface area contributed by atoms with Gasteiger partial charge in [0.15, 0.2) is 5.82 Å². The Balaban J connectivity index is 2.01. The molecule has 0 saturated carbocycles. The van der Waals surface area contributed by atoms with Crippen LogP contribution in [0, 0.1) is 5.82 Å². The lowest BCUT2D eigenvalue weighted by Crippen LogP contribution is -2.30. The maximum Gasteiger partial charge on any atom is 0.325 e. The van der Waals surface area contributed by atoms with Crippen molar-refractivity contribution in [3.05, 3.63) is 41.5 Å². The molecule has 0 radical (unpaired) electrons. The van der Waals surface area contributed by atoms with Gasteiger partial charge in [-0.2, -0.15) is 9.50 Å². The summed E-state index contributed by atoms with van der Waals surface area (Å²) in [4.78, 5) is 18.6. The predicted octanol–water partition coefficient (Wildman–Crippen LogP) is 2.97. The third kappa shape index (κ3) is 3.32. The minimum atomic E-state index is -0.327. The number of carbonyl (C=O) groups excluding carboxylic acids is 1. The molecular formula is C18H21FN4O3. The van der Waals surface area contributed by atoms with Crippen molar-refractivity contribution in [2.75, 3.05) is 27.3 Å². The Morgan fingerprint density at radius 3 is 2.65 bits per heavy atom. The molecule has 7 nitrogen and oxygen atoms in total. The number of methoxy groups -OCH3 is 1. The van der Waals surface area contributed by atoms with E-state index in [1.807, 2.05) is 13.8 Å². The number of fused-ring (bicyclic) bond motifs is 1. The van der Waals surface area contributed by atoms with Gasteiger partial charge in [-0.05, 0) is 30.2 Å². The molecule has 1 amide bonds. The molecule has 0 aliphatic heterocycles. The Bertz CT molecular complexity index is 915. The molecule has 0 saturated heterocycles. The average Bonchev–Trinajstić information content (AvgIpc) is 3.17. The van der Waals surface area contributed by atoms with Crippen molar-refractivity contribution in [1.29, 1.82) is 0 Å². The Hall–Kier alpha value is -2.74. The summed E-state index contributed by atoms with van der Waals surface area (Å²) in [5.74, 6) is 0.287. The highest BCUT2D eigenvalue weighted by atomic mass is 19.1. The number of likely N-dealkylation sites (N-methyl/N-ethyl adjacent to an activating group) is 1. The summed E-state index contributed by atoms with van der Waals surface area (Å²) in [7, 11) is 3.27.